The third kappa shape index (κ3) is 4.25. The summed E-state index contributed by atoms with van der Waals surface area (Å²) in [4.78, 5) is 27.8. The molecule has 0 spiro atoms. The minimum absolute atomic E-state index is 0.263. The molecule has 2 aromatic rings. The van der Waals surface area contributed by atoms with Gasteiger partial charge in [0, 0.05) is 12.7 Å². The lowest BCUT2D eigenvalue weighted by molar-refractivity contribution is -0.139. The number of nitrogens with one attached hydrogen (secondary N) is 2. The highest BCUT2D eigenvalue weighted by Gasteiger charge is 2.28. The molecule has 1 unspecified atom stereocenters. The van der Waals surface area contributed by atoms with Crippen LogP contribution in [0.25, 0.3) is 10.4 Å². The maximum atomic E-state index is 14.1. The van der Waals surface area contributed by atoms with Gasteiger partial charge in [-0.15, -0.1) is 0 Å². The molecule has 27 heavy (non-hydrogen) atoms. The number of carbonyl (C=O) groups excluding carboxylic acids is 2. The van der Waals surface area contributed by atoms with Crippen molar-refractivity contribution in [2.24, 2.45) is 0 Å². The molecular weight excluding hydrogens is 397 g/mol. The summed E-state index contributed by atoms with van der Waals surface area (Å²) in [5.41, 5.74) is 0.991. The number of ether oxygens (including phenoxy) is 1. The van der Waals surface area contributed by atoms with Gasteiger partial charge in [-0.1, -0.05) is 17.4 Å². The highest BCUT2D eigenvalue weighted by Crippen LogP contribution is 2.34. The van der Waals surface area contributed by atoms with Gasteiger partial charge in [0.05, 0.1) is 17.2 Å². The predicted octanol–water partition coefficient (Wildman–Crippen LogP) is 2.10. The number of benzene rings is 1. The van der Waals surface area contributed by atoms with E-state index in [1.165, 1.54) is 12.1 Å². The molecule has 11 heteroatoms. The van der Waals surface area contributed by atoms with E-state index in [0.717, 1.165) is 23.7 Å². The Morgan fingerprint density at radius 1 is 1.41 bits per heavy atom. The molecule has 144 valence electrons. The third-order valence-electron chi connectivity index (χ3n) is 3.85. The van der Waals surface area contributed by atoms with Crippen molar-refractivity contribution in [3.05, 3.63) is 29.7 Å². The highest BCUT2D eigenvalue weighted by molar-refractivity contribution is 7.90. The maximum absolute atomic E-state index is 14.1. The predicted molar refractivity (Wildman–Crippen MR) is 96.9 cm³/mol. The van der Waals surface area contributed by atoms with Gasteiger partial charge in [0.25, 0.3) is 0 Å². The molecule has 1 aromatic heterocycles. The average molecular weight is 413 g/mol. The first-order valence-corrected chi connectivity index (χ1v) is 10.6. The van der Waals surface area contributed by atoms with Gasteiger partial charge >= 0.3 is 12.0 Å². The van der Waals surface area contributed by atoms with Crippen LogP contribution >= 0.6 is 11.3 Å². The van der Waals surface area contributed by atoms with Crippen LogP contribution in [0.15, 0.2) is 23.1 Å². The van der Waals surface area contributed by atoms with Gasteiger partial charge in [0.1, 0.15) is 16.8 Å². The topological polar surface area (TPSA) is 114 Å². The number of rotatable bonds is 4. The molecule has 1 fully saturated rings. The van der Waals surface area contributed by atoms with Crippen molar-refractivity contribution in [3.63, 3.8) is 0 Å². The molecule has 2 heterocycles. The zero-order valence-corrected chi connectivity index (χ0v) is 16.0. The minimum Gasteiger partial charge on any atom is -0.464 e. The number of nitrogens with zero attached hydrogens (tertiary/aromatic N) is 1. The van der Waals surface area contributed by atoms with Crippen molar-refractivity contribution >= 4 is 38.3 Å². The Morgan fingerprint density at radius 2 is 2.15 bits per heavy atom. The van der Waals surface area contributed by atoms with E-state index >= 15 is 0 Å². The van der Waals surface area contributed by atoms with Gasteiger partial charge in [-0.2, -0.15) is 0 Å². The van der Waals surface area contributed by atoms with E-state index in [1.54, 1.807) is 6.92 Å². The molecule has 2 N–H and O–H groups in total. The molecule has 3 rings (SSSR count). The molecule has 1 aliphatic heterocycles. The van der Waals surface area contributed by atoms with Crippen LogP contribution < -0.4 is 10.6 Å². The Hall–Kier alpha value is -2.53. The Kier molecular flexibility index (Phi) is 5.16. The molecule has 0 bridgehead atoms. The van der Waals surface area contributed by atoms with E-state index in [4.69, 9.17) is 4.74 Å². The van der Waals surface area contributed by atoms with E-state index < -0.39 is 33.7 Å². The van der Waals surface area contributed by atoms with Crippen molar-refractivity contribution in [1.82, 2.24) is 10.3 Å². The second-order valence-corrected chi connectivity index (χ2v) is 8.94. The summed E-state index contributed by atoms with van der Waals surface area (Å²) in [5.74, 6) is -1.34. The van der Waals surface area contributed by atoms with Crippen LogP contribution in [0, 0.1) is 12.7 Å². The number of cyclic esters (lactones) is 1. The van der Waals surface area contributed by atoms with E-state index in [2.05, 4.69) is 15.6 Å². The highest BCUT2D eigenvalue weighted by atomic mass is 32.2. The SMILES string of the molecule is Cc1nc(NC(=O)NC2CCOC2=O)sc1-c1ccc(S(C)(=O)=O)c(F)c1. The largest absolute Gasteiger partial charge is 0.464 e. The molecule has 8 nitrogen and oxygen atoms in total. The number of esters is 1. The zero-order chi connectivity index (χ0) is 19.8. The maximum Gasteiger partial charge on any atom is 0.328 e. The van der Waals surface area contributed by atoms with E-state index in [-0.39, 0.29) is 16.6 Å². The van der Waals surface area contributed by atoms with Crippen molar-refractivity contribution in [2.45, 2.75) is 24.3 Å². The molecule has 1 saturated heterocycles. The number of urea groups is 1. The fourth-order valence-electron chi connectivity index (χ4n) is 2.58. The molecule has 1 aromatic carbocycles. The number of sulfone groups is 1. The quantitative estimate of drug-likeness (QED) is 0.742. The van der Waals surface area contributed by atoms with Crippen LogP contribution in [0.3, 0.4) is 0 Å². The molecule has 0 aliphatic carbocycles. The van der Waals surface area contributed by atoms with Crippen LogP contribution in [0.5, 0.6) is 0 Å². The van der Waals surface area contributed by atoms with Gasteiger partial charge in [0.15, 0.2) is 15.0 Å². The number of carbonyl (C=O) groups is 2. The second kappa shape index (κ2) is 7.24. The first-order valence-electron chi connectivity index (χ1n) is 7.86. The van der Waals surface area contributed by atoms with Gasteiger partial charge < -0.3 is 10.1 Å². The van der Waals surface area contributed by atoms with Crippen LogP contribution in [-0.2, 0) is 19.4 Å². The first kappa shape index (κ1) is 19.2. The summed E-state index contributed by atoms with van der Waals surface area (Å²) in [7, 11) is -3.66. The number of hydrogen-bond donors (Lipinski definition) is 2. The van der Waals surface area contributed by atoms with E-state index in [9.17, 15) is 22.4 Å². The van der Waals surface area contributed by atoms with E-state index in [0.29, 0.717) is 22.6 Å². The van der Waals surface area contributed by atoms with Gasteiger partial charge in [-0.25, -0.2) is 27.4 Å². The Labute approximate surface area is 158 Å². The monoisotopic (exact) mass is 413 g/mol. The lowest BCUT2D eigenvalue weighted by Gasteiger charge is -2.08. The number of halogens is 1. The molecule has 1 aliphatic rings. The summed E-state index contributed by atoms with van der Waals surface area (Å²) in [5, 5.41) is 5.29. The van der Waals surface area contributed by atoms with Crippen LogP contribution in [0.1, 0.15) is 12.1 Å². The fourth-order valence-corrected chi connectivity index (χ4v) is 4.27. The van der Waals surface area contributed by atoms with Gasteiger partial charge in [-0.05, 0) is 24.6 Å². The Balaban J connectivity index is 1.77. The zero-order valence-electron chi connectivity index (χ0n) is 14.4. The number of anilines is 1. The third-order valence-corrected chi connectivity index (χ3v) is 6.10. The molecule has 1 atom stereocenters. The van der Waals surface area contributed by atoms with Crippen LogP contribution in [-0.4, -0.2) is 44.3 Å². The summed E-state index contributed by atoms with van der Waals surface area (Å²) in [6.45, 7) is 1.95. The van der Waals surface area contributed by atoms with E-state index in [1.807, 2.05) is 0 Å². The fraction of sp³-hybridized carbons (Fsp3) is 0.312. The lowest BCUT2D eigenvalue weighted by atomic mass is 10.1. The number of aromatic nitrogens is 1. The standard InChI is InChI=1S/C16H16FN3O5S2/c1-8-13(9-3-4-12(10(17)7-9)27(2,23)24)26-16(18-8)20-15(22)19-11-5-6-25-14(11)21/h3-4,7,11H,5-6H2,1-2H3,(H2,18,19,20,22). The number of hydrogen-bond acceptors (Lipinski definition) is 7. The summed E-state index contributed by atoms with van der Waals surface area (Å²) in [6.07, 6.45) is 1.34. The Morgan fingerprint density at radius 3 is 2.74 bits per heavy atom. The summed E-state index contributed by atoms with van der Waals surface area (Å²) < 4.78 is 41.9. The molecular formula is C16H16FN3O5S2. The van der Waals surface area contributed by atoms with Crippen molar-refractivity contribution in [2.75, 3.05) is 18.2 Å². The van der Waals surface area contributed by atoms with Crippen molar-refractivity contribution in [1.29, 1.82) is 0 Å². The normalized spacial score (nSPS) is 16.9. The van der Waals surface area contributed by atoms with Crippen molar-refractivity contribution in [3.8, 4) is 10.4 Å². The molecule has 0 radical (unpaired) electrons. The average Bonchev–Trinajstić information content (AvgIpc) is 3.12. The first-order chi connectivity index (χ1) is 12.6. The van der Waals surface area contributed by atoms with Gasteiger partial charge in [0.2, 0.25) is 0 Å². The number of aryl methyl sites for hydroxylation is 1. The van der Waals surface area contributed by atoms with Crippen LogP contribution in [0.2, 0.25) is 0 Å². The number of amides is 2. The second-order valence-electron chi connectivity index (χ2n) is 5.96. The van der Waals surface area contributed by atoms with Crippen molar-refractivity contribution < 1.29 is 27.1 Å². The summed E-state index contributed by atoms with van der Waals surface area (Å²) >= 11 is 1.11. The minimum atomic E-state index is -3.66. The molecule has 2 amide bonds. The smallest absolute Gasteiger partial charge is 0.328 e. The molecule has 0 saturated carbocycles. The Bertz CT molecular complexity index is 1020. The summed E-state index contributed by atoms with van der Waals surface area (Å²) in [6, 6.07) is 2.51. The van der Waals surface area contributed by atoms with Crippen LogP contribution in [0.4, 0.5) is 14.3 Å². The van der Waals surface area contributed by atoms with Gasteiger partial charge in [-0.3, -0.25) is 5.32 Å². The number of thiazole rings is 1. The lowest BCUT2D eigenvalue weighted by Crippen LogP contribution is -2.40.